The van der Waals surface area contributed by atoms with Crippen molar-refractivity contribution in [3.05, 3.63) is 58.9 Å². The Labute approximate surface area is 261 Å². The van der Waals surface area contributed by atoms with Gasteiger partial charge in [0, 0.05) is 12.7 Å². The zero-order valence-corrected chi connectivity index (χ0v) is 27.6. The van der Waals surface area contributed by atoms with E-state index in [1.807, 2.05) is 27.7 Å². The van der Waals surface area contributed by atoms with Crippen molar-refractivity contribution in [1.82, 2.24) is 0 Å². The summed E-state index contributed by atoms with van der Waals surface area (Å²) in [5.41, 5.74) is 4.18. The minimum absolute atomic E-state index is 0. The van der Waals surface area contributed by atoms with Crippen molar-refractivity contribution in [3.8, 4) is 0 Å². The van der Waals surface area contributed by atoms with Crippen LogP contribution in [0.25, 0.3) is 5.32 Å². The van der Waals surface area contributed by atoms with Crippen LogP contribution in [-0.4, -0.2) is 25.9 Å². The molecule has 1 saturated carbocycles. The molecule has 3 aliphatic rings. The number of likely N-dealkylation sites (N-methyl/N-ethyl adjacent to an activating group) is 1. The summed E-state index contributed by atoms with van der Waals surface area (Å²) >= 11 is 0. The largest absolute Gasteiger partial charge is 1.00 e. The van der Waals surface area contributed by atoms with E-state index in [0.29, 0.717) is 18.0 Å². The van der Waals surface area contributed by atoms with Crippen molar-refractivity contribution in [2.24, 2.45) is 5.92 Å². The Bertz CT molecular complexity index is 685. The number of nitrogens with zero attached hydrogens (tertiary/aromatic N) is 2. The maximum atomic E-state index is 8.81. The molecule has 1 fully saturated rings. The van der Waals surface area contributed by atoms with Crippen molar-refractivity contribution < 1.29 is 56.2 Å². The predicted octanol–water partition coefficient (Wildman–Crippen LogP) is 6.45. The van der Waals surface area contributed by atoms with Crippen LogP contribution in [-0.2, 0) is 4.79 Å². The Morgan fingerprint density at radius 1 is 0.971 bits per heavy atom. The zero-order valence-electron chi connectivity index (χ0n) is 24.5. The Kier molecular flexibility index (Phi) is 25.4. The van der Waals surface area contributed by atoms with E-state index in [4.69, 9.17) is 10.1 Å². The Morgan fingerprint density at radius 2 is 1.49 bits per heavy atom. The summed E-state index contributed by atoms with van der Waals surface area (Å²) in [7, 11) is 2.23. The van der Waals surface area contributed by atoms with Gasteiger partial charge in [-0.25, -0.2) is 0 Å². The van der Waals surface area contributed by atoms with Gasteiger partial charge >= 0.3 is 51.4 Å². The van der Waals surface area contributed by atoms with E-state index < -0.39 is 0 Å². The summed E-state index contributed by atoms with van der Waals surface area (Å²) in [6, 6.07) is 9.49. The second kappa shape index (κ2) is 24.1. The van der Waals surface area contributed by atoms with Gasteiger partial charge in [-0.05, 0) is 42.9 Å². The van der Waals surface area contributed by atoms with Gasteiger partial charge in [0.1, 0.15) is 6.29 Å². The van der Waals surface area contributed by atoms with E-state index >= 15 is 0 Å². The number of rotatable bonds is 3. The molecule has 1 aromatic carbocycles. The molecule has 3 nitrogen and oxygen atoms in total. The van der Waals surface area contributed by atoms with Gasteiger partial charge in [-0.15, -0.1) is 6.04 Å². The Balaban J connectivity index is 0. The van der Waals surface area contributed by atoms with E-state index in [1.54, 1.807) is 0 Å². The molecule has 194 valence electrons. The van der Waals surface area contributed by atoms with E-state index in [-0.39, 0.29) is 51.4 Å². The maximum absolute atomic E-state index is 8.81. The summed E-state index contributed by atoms with van der Waals surface area (Å²) in [6.07, 6.45) is 19.1. The first-order valence-corrected chi connectivity index (χ1v) is 13.9. The molecule has 0 saturated heterocycles. The summed E-state index contributed by atoms with van der Waals surface area (Å²) in [5.74, 6) is 0.499. The number of hydrogen-bond acceptors (Lipinski definition) is 2. The normalized spacial score (nSPS) is 21.8. The number of anilines is 1. The second-order valence-electron chi connectivity index (χ2n) is 8.46. The van der Waals surface area contributed by atoms with Gasteiger partial charge in [0.05, 0.1) is 6.04 Å². The van der Waals surface area contributed by atoms with Crippen molar-refractivity contribution in [2.75, 3.05) is 18.5 Å². The number of benzene rings is 1. The summed E-state index contributed by atoms with van der Waals surface area (Å²) in [6.45, 7) is 14.8. The van der Waals surface area contributed by atoms with Gasteiger partial charge < -0.3 is 15.0 Å². The topological polar surface area (TPSA) is 34.4 Å². The van der Waals surface area contributed by atoms with Crippen molar-refractivity contribution >= 4 is 12.0 Å². The molecule has 0 N–H and O–H groups in total. The Hall–Kier alpha value is -0.234. The molecular formula is C31H53KN2O. The standard InChI is InChI=1S/C19H25N2.C6H12.C2H4O.2C2H6.K/c1-4-20-18-14(2)19(15-10-6-5-7-11-15)21(3)17-13-9-8-12-16(17)18;1-2-4-6-5-3-1;1-2-3;2*1-2;/h6,8-14,18-19H,4-5,7H2,1-3H3;1-6H2;2H,1H3;2*1-2H3;/q-1;;;;;+1. The molecule has 0 bridgehead atoms. The second-order valence-corrected chi connectivity index (χ2v) is 8.46. The first kappa shape index (κ1) is 36.9. The molecule has 3 atom stereocenters. The van der Waals surface area contributed by atoms with Crippen LogP contribution in [0.15, 0.2) is 48.1 Å². The predicted molar refractivity (Wildman–Crippen MR) is 153 cm³/mol. The smallest absolute Gasteiger partial charge is 0.656 e. The number of para-hydroxylation sites is 1. The monoisotopic (exact) mass is 508 g/mol. The molecule has 4 heteroatoms. The van der Waals surface area contributed by atoms with E-state index in [0.717, 1.165) is 12.8 Å². The number of allylic oxidation sites excluding steroid dienone is 2. The van der Waals surface area contributed by atoms with Crippen molar-refractivity contribution in [2.45, 2.75) is 112 Å². The fourth-order valence-electron chi connectivity index (χ4n) is 4.92. The average Bonchev–Trinajstić information content (AvgIpc) is 2.91. The van der Waals surface area contributed by atoms with Crippen LogP contribution in [0.4, 0.5) is 5.69 Å². The number of fused-ring (bicyclic) bond motifs is 1. The molecule has 0 aromatic heterocycles. The quantitative estimate of drug-likeness (QED) is 0.347. The molecule has 1 aliphatic heterocycles. The maximum Gasteiger partial charge on any atom is 1.00 e. The van der Waals surface area contributed by atoms with Crippen LogP contribution in [0.2, 0.25) is 0 Å². The molecule has 1 heterocycles. The summed E-state index contributed by atoms with van der Waals surface area (Å²) in [4.78, 5) is 11.3. The van der Waals surface area contributed by atoms with Crippen molar-refractivity contribution in [3.63, 3.8) is 0 Å². The third kappa shape index (κ3) is 12.7. The third-order valence-electron chi connectivity index (χ3n) is 6.29. The Morgan fingerprint density at radius 3 is 1.94 bits per heavy atom. The minimum atomic E-state index is 0. The molecule has 0 radical (unpaired) electrons. The molecule has 1 aromatic rings. The van der Waals surface area contributed by atoms with Crippen LogP contribution in [0.1, 0.15) is 111 Å². The molecule has 35 heavy (non-hydrogen) atoms. The number of carbonyl (C=O) groups is 1. The van der Waals surface area contributed by atoms with Crippen LogP contribution in [0.3, 0.4) is 0 Å². The van der Waals surface area contributed by atoms with Crippen molar-refractivity contribution in [1.29, 1.82) is 0 Å². The first-order chi connectivity index (χ1) is 16.7. The van der Waals surface area contributed by atoms with Crippen LogP contribution in [0, 0.1) is 5.92 Å². The number of aldehydes is 1. The SMILES string of the molecule is C1CCCCC1.CC.CC.CC=O.CC[N-]C1c2ccccc2N(C)C(C2=CCCC=C2)C1C.[K+]. The van der Waals surface area contributed by atoms with Gasteiger partial charge in [0.25, 0.3) is 0 Å². The van der Waals surface area contributed by atoms with Crippen LogP contribution < -0.4 is 56.3 Å². The van der Waals surface area contributed by atoms with Gasteiger partial charge in [-0.3, -0.25) is 0 Å². The van der Waals surface area contributed by atoms with Gasteiger partial charge in [0.15, 0.2) is 0 Å². The molecule has 0 spiro atoms. The van der Waals surface area contributed by atoms with Gasteiger partial charge in [-0.2, -0.15) is 6.54 Å². The minimum Gasteiger partial charge on any atom is -0.656 e. The van der Waals surface area contributed by atoms with Crippen LogP contribution in [0.5, 0.6) is 0 Å². The van der Waals surface area contributed by atoms with Gasteiger partial charge in [0.2, 0.25) is 0 Å². The fourth-order valence-corrected chi connectivity index (χ4v) is 4.92. The molecule has 0 amide bonds. The van der Waals surface area contributed by atoms with Crippen LogP contribution >= 0.6 is 0 Å². The molecule has 3 unspecified atom stereocenters. The molecule has 4 rings (SSSR count). The molecular weight excluding hydrogens is 455 g/mol. The zero-order chi connectivity index (χ0) is 25.8. The van der Waals surface area contributed by atoms with Gasteiger partial charge in [-0.1, -0.05) is 116 Å². The number of hydrogen-bond donors (Lipinski definition) is 0. The summed E-state index contributed by atoms with van der Waals surface area (Å²) < 4.78 is 0. The third-order valence-corrected chi connectivity index (χ3v) is 6.29. The van der Waals surface area contributed by atoms with E-state index in [1.165, 1.54) is 75.1 Å². The average molecular weight is 509 g/mol. The molecule has 2 aliphatic carbocycles. The van der Waals surface area contributed by atoms with E-state index in [9.17, 15) is 0 Å². The number of carbonyl (C=O) groups excluding carboxylic acids is 1. The summed E-state index contributed by atoms with van der Waals surface area (Å²) in [5, 5.41) is 4.91. The fraction of sp³-hybridized carbons (Fsp3) is 0.645. The first-order valence-electron chi connectivity index (χ1n) is 13.9. The van der Waals surface area contributed by atoms with E-state index in [2.05, 4.69) is 68.3 Å².